The van der Waals surface area contributed by atoms with E-state index in [-0.39, 0.29) is 6.79 Å². The molecule has 9 nitrogen and oxygen atoms in total. The van der Waals surface area contributed by atoms with Crippen molar-refractivity contribution in [2.45, 2.75) is 6.92 Å². The van der Waals surface area contributed by atoms with Gasteiger partial charge in [-0.05, 0) is 19.1 Å². The Morgan fingerprint density at radius 3 is 2.23 bits per heavy atom. The first-order valence-corrected chi connectivity index (χ1v) is 9.19. The molecule has 3 aromatic rings. The van der Waals surface area contributed by atoms with Gasteiger partial charge in [0.15, 0.2) is 23.0 Å². The first-order valence-electron chi connectivity index (χ1n) is 9.19. The molecule has 0 saturated heterocycles. The number of anilines is 4. The first kappa shape index (κ1) is 19.4. The average molecular weight is 410 g/mol. The highest BCUT2D eigenvalue weighted by Gasteiger charge is 2.15. The first-order chi connectivity index (χ1) is 14.6. The summed E-state index contributed by atoms with van der Waals surface area (Å²) in [6.45, 7) is 2.13. The molecular formula is C21H22N4O5. The zero-order chi connectivity index (χ0) is 21.1. The number of methoxy groups -OCH3 is 3. The largest absolute Gasteiger partial charge is 0.493 e. The van der Waals surface area contributed by atoms with Crippen LogP contribution in [0, 0.1) is 6.92 Å². The third-order valence-corrected chi connectivity index (χ3v) is 4.42. The van der Waals surface area contributed by atoms with Crippen LogP contribution in [0.5, 0.6) is 28.7 Å². The van der Waals surface area contributed by atoms with Crippen LogP contribution in [0.3, 0.4) is 0 Å². The fourth-order valence-corrected chi connectivity index (χ4v) is 3.09. The Labute approximate surface area is 173 Å². The Morgan fingerprint density at radius 1 is 0.800 bits per heavy atom. The summed E-state index contributed by atoms with van der Waals surface area (Å²) in [5.41, 5.74) is 2.32. The summed E-state index contributed by atoms with van der Waals surface area (Å²) in [5, 5.41) is 6.46. The number of hydrogen-bond acceptors (Lipinski definition) is 9. The van der Waals surface area contributed by atoms with E-state index < -0.39 is 0 Å². The second-order valence-corrected chi connectivity index (χ2v) is 6.45. The quantitative estimate of drug-likeness (QED) is 0.598. The minimum Gasteiger partial charge on any atom is -0.493 e. The molecule has 0 spiro atoms. The smallest absolute Gasteiger partial charge is 0.231 e. The molecule has 0 amide bonds. The molecular weight excluding hydrogens is 388 g/mol. The fourth-order valence-electron chi connectivity index (χ4n) is 3.09. The summed E-state index contributed by atoms with van der Waals surface area (Å²) in [4.78, 5) is 9.02. The SMILES string of the molecule is COc1cc(Nc2nc(C)cc(Nc3ccc4c(c3)OCO4)n2)cc(OC)c1OC. The molecule has 0 atom stereocenters. The lowest BCUT2D eigenvalue weighted by Gasteiger charge is -2.15. The van der Waals surface area contributed by atoms with Gasteiger partial charge in [-0.15, -0.1) is 0 Å². The Hall–Kier alpha value is -3.88. The monoisotopic (exact) mass is 410 g/mol. The van der Waals surface area contributed by atoms with Crippen LogP contribution >= 0.6 is 0 Å². The highest BCUT2D eigenvalue weighted by Crippen LogP contribution is 2.40. The molecule has 0 fully saturated rings. The molecule has 2 heterocycles. The molecule has 0 bridgehead atoms. The summed E-state index contributed by atoms with van der Waals surface area (Å²) < 4.78 is 26.9. The van der Waals surface area contributed by atoms with Gasteiger partial charge in [-0.1, -0.05) is 0 Å². The third kappa shape index (κ3) is 3.95. The molecule has 1 aromatic heterocycles. The molecule has 0 unspecified atom stereocenters. The van der Waals surface area contributed by atoms with Gasteiger partial charge in [0.05, 0.1) is 21.3 Å². The standard InChI is InChI=1S/C21H22N4O5/c1-12-7-19(23-13-5-6-15-16(8-13)30-11-29-15)25-21(22-12)24-14-9-17(26-2)20(28-4)18(10-14)27-3/h5-10H,11H2,1-4H3,(H2,22,23,24,25). The van der Waals surface area contributed by atoms with Gasteiger partial charge in [0, 0.05) is 41.3 Å². The topological polar surface area (TPSA) is 96.0 Å². The maximum atomic E-state index is 5.42. The number of fused-ring (bicyclic) bond motifs is 1. The van der Waals surface area contributed by atoms with Crippen molar-refractivity contribution in [3.63, 3.8) is 0 Å². The van der Waals surface area contributed by atoms with E-state index >= 15 is 0 Å². The minimum atomic E-state index is 0.230. The van der Waals surface area contributed by atoms with Crippen LogP contribution < -0.4 is 34.3 Å². The van der Waals surface area contributed by atoms with E-state index in [2.05, 4.69) is 20.6 Å². The fraction of sp³-hybridized carbons (Fsp3) is 0.238. The molecule has 9 heteroatoms. The number of benzene rings is 2. The second kappa shape index (κ2) is 8.24. The van der Waals surface area contributed by atoms with Crippen molar-refractivity contribution in [2.24, 2.45) is 0 Å². The summed E-state index contributed by atoms with van der Waals surface area (Å²) in [6.07, 6.45) is 0. The zero-order valence-electron chi connectivity index (χ0n) is 17.1. The van der Waals surface area contributed by atoms with E-state index in [0.29, 0.717) is 40.5 Å². The second-order valence-electron chi connectivity index (χ2n) is 6.45. The Balaban J connectivity index is 1.59. The van der Waals surface area contributed by atoms with Crippen LogP contribution in [0.1, 0.15) is 5.69 Å². The summed E-state index contributed by atoms with van der Waals surface area (Å²) in [6, 6.07) is 11.1. The maximum absolute atomic E-state index is 5.42. The predicted octanol–water partition coefficient (Wildman–Crippen LogP) is 4.03. The van der Waals surface area contributed by atoms with Gasteiger partial charge in [-0.3, -0.25) is 0 Å². The van der Waals surface area contributed by atoms with Gasteiger partial charge >= 0.3 is 0 Å². The van der Waals surface area contributed by atoms with Crippen molar-refractivity contribution in [1.82, 2.24) is 9.97 Å². The van der Waals surface area contributed by atoms with Gasteiger partial charge in [0.25, 0.3) is 0 Å². The van der Waals surface area contributed by atoms with Crippen LogP contribution in [0.15, 0.2) is 36.4 Å². The lowest BCUT2D eigenvalue weighted by Crippen LogP contribution is -2.03. The van der Waals surface area contributed by atoms with Crippen LogP contribution in [-0.4, -0.2) is 38.1 Å². The molecule has 2 N–H and O–H groups in total. The van der Waals surface area contributed by atoms with Crippen molar-refractivity contribution >= 4 is 23.1 Å². The third-order valence-electron chi connectivity index (χ3n) is 4.42. The van der Waals surface area contributed by atoms with Gasteiger partial charge < -0.3 is 34.3 Å². The summed E-state index contributed by atoms with van der Waals surface area (Å²) >= 11 is 0. The van der Waals surface area contributed by atoms with Gasteiger partial charge in [-0.2, -0.15) is 4.98 Å². The molecule has 4 rings (SSSR count). The van der Waals surface area contributed by atoms with Crippen molar-refractivity contribution in [3.05, 3.63) is 42.1 Å². The minimum absolute atomic E-state index is 0.230. The van der Waals surface area contributed by atoms with E-state index in [1.54, 1.807) is 33.5 Å². The molecule has 156 valence electrons. The number of aryl methyl sites for hydroxylation is 1. The summed E-state index contributed by atoms with van der Waals surface area (Å²) in [7, 11) is 4.69. The number of rotatable bonds is 7. The normalized spacial score (nSPS) is 11.7. The molecule has 0 saturated carbocycles. The van der Waals surface area contributed by atoms with E-state index in [1.807, 2.05) is 31.2 Å². The van der Waals surface area contributed by atoms with E-state index in [1.165, 1.54) is 0 Å². The Morgan fingerprint density at radius 2 is 1.53 bits per heavy atom. The predicted molar refractivity (Wildman–Crippen MR) is 112 cm³/mol. The van der Waals surface area contributed by atoms with Crippen molar-refractivity contribution in [3.8, 4) is 28.7 Å². The molecule has 1 aliphatic rings. The Kier molecular flexibility index (Phi) is 5.34. The van der Waals surface area contributed by atoms with Crippen molar-refractivity contribution in [1.29, 1.82) is 0 Å². The zero-order valence-corrected chi connectivity index (χ0v) is 17.1. The highest BCUT2D eigenvalue weighted by atomic mass is 16.7. The molecule has 0 radical (unpaired) electrons. The van der Waals surface area contributed by atoms with Gasteiger partial charge in [-0.25, -0.2) is 4.98 Å². The molecule has 1 aliphatic heterocycles. The van der Waals surface area contributed by atoms with Crippen LogP contribution in [0.2, 0.25) is 0 Å². The molecule has 2 aromatic carbocycles. The van der Waals surface area contributed by atoms with Crippen molar-refractivity contribution in [2.75, 3.05) is 38.8 Å². The van der Waals surface area contributed by atoms with Crippen molar-refractivity contribution < 1.29 is 23.7 Å². The van der Waals surface area contributed by atoms with E-state index in [9.17, 15) is 0 Å². The van der Waals surface area contributed by atoms with Crippen LogP contribution in [-0.2, 0) is 0 Å². The number of nitrogens with zero attached hydrogens (tertiary/aromatic N) is 2. The Bertz CT molecular complexity index is 1050. The van der Waals surface area contributed by atoms with E-state index in [4.69, 9.17) is 23.7 Å². The molecule has 30 heavy (non-hydrogen) atoms. The van der Waals surface area contributed by atoms with Crippen LogP contribution in [0.4, 0.5) is 23.1 Å². The van der Waals surface area contributed by atoms with Crippen LogP contribution in [0.25, 0.3) is 0 Å². The van der Waals surface area contributed by atoms with Gasteiger partial charge in [0.2, 0.25) is 18.5 Å². The van der Waals surface area contributed by atoms with E-state index in [0.717, 1.165) is 17.1 Å². The lowest BCUT2D eigenvalue weighted by atomic mass is 10.2. The number of ether oxygens (including phenoxy) is 5. The number of nitrogens with one attached hydrogen (secondary N) is 2. The maximum Gasteiger partial charge on any atom is 0.231 e. The van der Waals surface area contributed by atoms with Gasteiger partial charge in [0.1, 0.15) is 5.82 Å². The molecule has 0 aliphatic carbocycles. The summed E-state index contributed by atoms with van der Waals surface area (Å²) in [5.74, 6) is 4.06. The highest BCUT2D eigenvalue weighted by molar-refractivity contribution is 5.67. The number of aromatic nitrogens is 2. The lowest BCUT2D eigenvalue weighted by molar-refractivity contribution is 0.174. The number of hydrogen-bond donors (Lipinski definition) is 2. The average Bonchev–Trinajstić information content (AvgIpc) is 3.20.